The zero-order valence-electron chi connectivity index (χ0n) is 24.4. The maximum atomic E-state index is 11.0. The van der Waals surface area contributed by atoms with Gasteiger partial charge in [-0.25, -0.2) is 9.97 Å². The van der Waals surface area contributed by atoms with Crippen LogP contribution in [0.3, 0.4) is 0 Å². The molecule has 2 aromatic heterocycles. The number of ether oxygens (including phenoxy) is 4. The first-order chi connectivity index (χ1) is 21.0. The number of esters is 1. The fraction of sp³-hybridized carbons (Fsp3) is 0.323. The molecular formula is C31H33N7O5. The molecule has 5 rings (SSSR count). The van der Waals surface area contributed by atoms with Crippen LogP contribution in [0.1, 0.15) is 18.1 Å². The summed E-state index contributed by atoms with van der Waals surface area (Å²) >= 11 is 0. The summed E-state index contributed by atoms with van der Waals surface area (Å²) in [6.07, 6.45) is 3.45. The molecule has 3 heterocycles. The Morgan fingerprint density at radius 3 is 2.53 bits per heavy atom. The van der Waals surface area contributed by atoms with Gasteiger partial charge in [0.2, 0.25) is 5.88 Å². The van der Waals surface area contributed by atoms with E-state index in [0.717, 1.165) is 43.2 Å². The molecule has 0 atom stereocenters. The molecule has 1 aliphatic rings. The van der Waals surface area contributed by atoms with Gasteiger partial charge in [0.05, 0.1) is 31.6 Å². The van der Waals surface area contributed by atoms with Crippen molar-refractivity contribution in [1.29, 1.82) is 5.26 Å². The molecule has 0 bridgehead atoms. The van der Waals surface area contributed by atoms with E-state index < -0.39 is 0 Å². The fourth-order valence-electron chi connectivity index (χ4n) is 4.76. The van der Waals surface area contributed by atoms with Crippen LogP contribution in [-0.2, 0) is 16.1 Å². The van der Waals surface area contributed by atoms with E-state index in [9.17, 15) is 10.1 Å². The van der Waals surface area contributed by atoms with Crippen molar-refractivity contribution in [2.24, 2.45) is 0 Å². The van der Waals surface area contributed by atoms with E-state index in [0.29, 0.717) is 59.4 Å². The predicted octanol–water partition coefficient (Wildman–Crippen LogP) is 3.92. The highest BCUT2D eigenvalue weighted by molar-refractivity contribution is 5.89. The van der Waals surface area contributed by atoms with Crippen molar-refractivity contribution in [1.82, 2.24) is 19.9 Å². The number of carbonyl (C=O) groups excluding carboxylic acids is 1. The Labute approximate surface area is 249 Å². The Kier molecular flexibility index (Phi) is 9.33. The van der Waals surface area contributed by atoms with E-state index in [2.05, 4.69) is 31.2 Å². The highest BCUT2D eigenvalue weighted by atomic mass is 16.5. The largest absolute Gasteiger partial charge is 0.493 e. The van der Waals surface area contributed by atoms with Crippen molar-refractivity contribution in [2.75, 3.05) is 63.8 Å². The number of nitriles is 1. The van der Waals surface area contributed by atoms with E-state index in [1.54, 1.807) is 32.7 Å². The van der Waals surface area contributed by atoms with Crippen LogP contribution in [0.15, 0.2) is 54.9 Å². The number of hydrogen-bond acceptors (Lipinski definition) is 12. The number of carbonyl (C=O) groups is 1. The molecule has 4 aromatic rings. The Bertz CT molecular complexity index is 1620. The summed E-state index contributed by atoms with van der Waals surface area (Å²) < 4.78 is 21.7. The van der Waals surface area contributed by atoms with Gasteiger partial charge in [-0.05, 0) is 30.3 Å². The number of methoxy groups -OCH3 is 2. The van der Waals surface area contributed by atoms with Crippen LogP contribution in [0, 0.1) is 11.3 Å². The molecule has 1 aliphatic heterocycles. The quantitative estimate of drug-likeness (QED) is 0.256. The number of aromatic nitrogens is 3. The van der Waals surface area contributed by atoms with Crippen molar-refractivity contribution in [3.8, 4) is 23.4 Å². The molecule has 0 radical (unpaired) electrons. The molecule has 0 aliphatic carbocycles. The first-order valence-electron chi connectivity index (χ1n) is 13.8. The summed E-state index contributed by atoms with van der Waals surface area (Å²) in [6, 6.07) is 15.1. The average Bonchev–Trinajstić information content (AvgIpc) is 3.04. The van der Waals surface area contributed by atoms with Gasteiger partial charge in [0.1, 0.15) is 36.2 Å². The number of nitrogens with zero attached hydrogens (tertiary/aromatic N) is 6. The molecule has 1 saturated heterocycles. The van der Waals surface area contributed by atoms with E-state index in [4.69, 9.17) is 23.9 Å². The summed E-state index contributed by atoms with van der Waals surface area (Å²) in [4.78, 5) is 29.1. The van der Waals surface area contributed by atoms with Crippen LogP contribution >= 0.6 is 0 Å². The lowest BCUT2D eigenvalue weighted by molar-refractivity contribution is -0.141. The third kappa shape index (κ3) is 7.20. The van der Waals surface area contributed by atoms with Crippen LogP contribution in [0.2, 0.25) is 0 Å². The molecule has 43 heavy (non-hydrogen) atoms. The number of nitrogens with one attached hydrogen (secondary N) is 1. The highest BCUT2D eigenvalue weighted by Gasteiger charge is 2.20. The van der Waals surface area contributed by atoms with E-state index in [1.807, 2.05) is 36.4 Å². The summed E-state index contributed by atoms with van der Waals surface area (Å²) in [5.41, 5.74) is 3.79. The fourth-order valence-corrected chi connectivity index (χ4v) is 4.76. The Morgan fingerprint density at radius 1 is 1.00 bits per heavy atom. The summed E-state index contributed by atoms with van der Waals surface area (Å²) in [5, 5.41) is 13.5. The molecular weight excluding hydrogens is 550 g/mol. The van der Waals surface area contributed by atoms with Gasteiger partial charge < -0.3 is 29.2 Å². The Morgan fingerprint density at radius 2 is 1.84 bits per heavy atom. The molecule has 12 nitrogen and oxygen atoms in total. The molecule has 1 N–H and O–H groups in total. The van der Waals surface area contributed by atoms with Gasteiger partial charge in [0.15, 0.2) is 11.5 Å². The zero-order chi connectivity index (χ0) is 30.2. The maximum Gasteiger partial charge on any atom is 0.302 e. The summed E-state index contributed by atoms with van der Waals surface area (Å²) in [7, 11) is 3.15. The van der Waals surface area contributed by atoms with Crippen LogP contribution in [0.25, 0.3) is 11.0 Å². The first kappa shape index (κ1) is 29.3. The van der Waals surface area contributed by atoms with Crippen molar-refractivity contribution >= 4 is 34.2 Å². The monoisotopic (exact) mass is 583 g/mol. The smallest absolute Gasteiger partial charge is 0.302 e. The number of pyridine rings is 1. The lowest BCUT2D eigenvalue weighted by Crippen LogP contribution is -2.47. The molecule has 222 valence electrons. The third-order valence-corrected chi connectivity index (χ3v) is 7.07. The van der Waals surface area contributed by atoms with Crippen molar-refractivity contribution in [3.63, 3.8) is 0 Å². The zero-order valence-corrected chi connectivity index (χ0v) is 24.4. The number of anilines is 3. The van der Waals surface area contributed by atoms with Crippen LogP contribution in [0.5, 0.6) is 17.4 Å². The molecule has 12 heteroatoms. The second-order valence-corrected chi connectivity index (χ2v) is 9.85. The number of rotatable bonds is 11. The minimum absolute atomic E-state index is 0.267. The Hall–Kier alpha value is -5.15. The standard InChI is InChI=1S/C31H33N7O5/c1-21(39)42-15-14-37-10-12-38(13-11-37)29-19-33-26-7-6-25(24(17-32)31(26)36-29)35-23-5-8-27(28(16-23)40-2)43-20-22-4-9-30(41-3)34-18-22/h4-9,16,18-19,35H,10-15,20H2,1-3H3. The summed E-state index contributed by atoms with van der Waals surface area (Å²) in [6.45, 7) is 5.94. The van der Waals surface area contributed by atoms with Crippen molar-refractivity contribution in [2.45, 2.75) is 13.5 Å². The predicted molar refractivity (Wildman–Crippen MR) is 161 cm³/mol. The maximum absolute atomic E-state index is 11.0. The summed E-state index contributed by atoms with van der Waals surface area (Å²) in [5.74, 6) is 2.11. The van der Waals surface area contributed by atoms with E-state index >= 15 is 0 Å². The lowest BCUT2D eigenvalue weighted by atomic mass is 10.1. The molecule has 1 fully saturated rings. The number of fused-ring (bicyclic) bond motifs is 1. The Balaban J connectivity index is 1.29. The molecule has 0 unspecified atom stereocenters. The number of hydrogen-bond donors (Lipinski definition) is 1. The van der Waals surface area contributed by atoms with Crippen LogP contribution in [0.4, 0.5) is 17.2 Å². The SMILES string of the molecule is COc1ccc(COc2ccc(Nc3ccc4ncc(N5CCN(CCOC(C)=O)CC5)nc4c3C#N)cc2OC)cn1. The van der Waals surface area contributed by atoms with Gasteiger partial charge in [0.25, 0.3) is 0 Å². The van der Waals surface area contributed by atoms with Gasteiger partial charge in [-0.15, -0.1) is 0 Å². The molecule has 0 saturated carbocycles. The van der Waals surface area contributed by atoms with Gasteiger partial charge in [-0.3, -0.25) is 14.7 Å². The van der Waals surface area contributed by atoms with Gasteiger partial charge in [-0.1, -0.05) is 0 Å². The molecule has 0 amide bonds. The van der Waals surface area contributed by atoms with Crippen molar-refractivity contribution < 1.29 is 23.7 Å². The number of benzene rings is 2. The minimum atomic E-state index is -0.267. The van der Waals surface area contributed by atoms with E-state index in [1.165, 1.54) is 6.92 Å². The number of piperazine rings is 1. The highest BCUT2D eigenvalue weighted by Crippen LogP contribution is 2.34. The topological polar surface area (TPSA) is 135 Å². The minimum Gasteiger partial charge on any atom is -0.493 e. The van der Waals surface area contributed by atoms with Gasteiger partial charge >= 0.3 is 5.97 Å². The first-order valence-corrected chi connectivity index (χ1v) is 13.8. The van der Waals surface area contributed by atoms with Crippen LogP contribution < -0.4 is 24.4 Å². The van der Waals surface area contributed by atoms with Gasteiger partial charge in [0, 0.05) is 69.2 Å². The third-order valence-electron chi connectivity index (χ3n) is 7.07. The lowest BCUT2D eigenvalue weighted by Gasteiger charge is -2.35. The van der Waals surface area contributed by atoms with E-state index in [-0.39, 0.29) is 5.97 Å². The second kappa shape index (κ2) is 13.7. The average molecular weight is 584 g/mol. The van der Waals surface area contributed by atoms with Crippen LogP contribution in [-0.4, -0.2) is 79.4 Å². The molecule has 0 spiro atoms. The normalized spacial score (nSPS) is 13.3. The van der Waals surface area contributed by atoms with Crippen molar-refractivity contribution in [3.05, 3.63) is 66.0 Å². The molecule has 2 aromatic carbocycles. The van der Waals surface area contributed by atoms with Gasteiger partial charge in [-0.2, -0.15) is 5.26 Å². The second-order valence-electron chi connectivity index (χ2n) is 9.85.